The van der Waals surface area contributed by atoms with Crippen molar-refractivity contribution in [3.8, 4) is 11.5 Å². The van der Waals surface area contributed by atoms with Crippen LogP contribution >= 0.6 is 0 Å². The lowest BCUT2D eigenvalue weighted by atomic mass is 9.85. The molecule has 2 atom stereocenters. The molecule has 0 radical (unpaired) electrons. The van der Waals surface area contributed by atoms with E-state index in [-0.39, 0.29) is 0 Å². The molecule has 136 valence electrons. The van der Waals surface area contributed by atoms with Crippen LogP contribution in [0.1, 0.15) is 58.4 Å². The average Bonchev–Trinajstić information content (AvgIpc) is 3.08. The Kier molecular flexibility index (Phi) is 3.73. The van der Waals surface area contributed by atoms with E-state index in [4.69, 9.17) is 0 Å². The predicted octanol–water partition coefficient (Wildman–Crippen LogP) is 5.63. The largest absolute Gasteiger partial charge is 0.508 e. The van der Waals surface area contributed by atoms with Crippen LogP contribution in [0.2, 0.25) is 0 Å². The van der Waals surface area contributed by atoms with Crippen LogP contribution in [-0.4, -0.2) is 10.2 Å². The molecule has 2 N–H and O–H groups in total. The molecule has 0 bridgehead atoms. The number of rotatable bonds is 0. The summed E-state index contributed by atoms with van der Waals surface area (Å²) >= 11 is 0. The zero-order valence-corrected chi connectivity index (χ0v) is 16.6. The van der Waals surface area contributed by atoms with Gasteiger partial charge in [0.2, 0.25) is 0 Å². The number of hydrogen-bond acceptors (Lipinski definition) is 2. The summed E-state index contributed by atoms with van der Waals surface area (Å²) in [6.07, 6.45) is 2.06. The Morgan fingerprint density at radius 1 is 0.692 bits per heavy atom. The number of fused-ring (bicyclic) bond motifs is 2. The van der Waals surface area contributed by atoms with E-state index >= 15 is 0 Å². The van der Waals surface area contributed by atoms with Crippen molar-refractivity contribution in [1.82, 2.24) is 0 Å². The quantitative estimate of drug-likeness (QED) is 0.648. The maximum absolute atomic E-state index is 10.5. The van der Waals surface area contributed by atoms with Gasteiger partial charge in [-0.3, -0.25) is 0 Å². The molecule has 0 amide bonds. The zero-order valence-electron chi connectivity index (χ0n) is 16.6. The minimum absolute atomic E-state index is 0.392. The van der Waals surface area contributed by atoms with Crippen LogP contribution in [0.25, 0.3) is 11.1 Å². The fourth-order valence-electron chi connectivity index (χ4n) is 5.27. The third-order valence-electron chi connectivity index (χ3n) is 6.62. The van der Waals surface area contributed by atoms with E-state index in [2.05, 4.69) is 27.7 Å². The standard InChI is InChI=1S/C24H28O2/c1-11-9-19(25)15(5)23-17(11)7-13(3)21(23)22-14(4)8-18-12(2)10-20(26)16(6)24(18)22/h9-10,13-14,25-26H,7-8H2,1-6H3/b22-21-/t13-,14-/m0/s1. The van der Waals surface area contributed by atoms with Gasteiger partial charge in [-0.1, -0.05) is 13.8 Å². The zero-order chi connectivity index (χ0) is 18.9. The second kappa shape index (κ2) is 5.64. The molecular formula is C24H28O2. The second-order valence-electron chi connectivity index (χ2n) is 8.42. The Morgan fingerprint density at radius 2 is 1.04 bits per heavy atom. The van der Waals surface area contributed by atoms with Gasteiger partial charge in [0.25, 0.3) is 0 Å². The molecule has 0 spiro atoms. The molecule has 0 fully saturated rings. The number of aryl methyl sites for hydroxylation is 2. The Bertz CT molecular complexity index is 899. The normalized spacial score (nSPS) is 24.1. The molecule has 4 rings (SSSR count). The van der Waals surface area contributed by atoms with Crippen molar-refractivity contribution in [2.75, 3.05) is 0 Å². The van der Waals surface area contributed by atoms with E-state index < -0.39 is 0 Å². The summed E-state index contributed by atoms with van der Waals surface area (Å²) in [6, 6.07) is 3.81. The Labute approximate surface area is 156 Å². The maximum Gasteiger partial charge on any atom is 0.119 e. The van der Waals surface area contributed by atoms with Crippen LogP contribution in [0.5, 0.6) is 11.5 Å². The number of aromatic hydroxyl groups is 2. The highest BCUT2D eigenvalue weighted by Crippen LogP contribution is 2.53. The number of phenols is 2. The molecule has 0 saturated heterocycles. The molecule has 2 aromatic rings. The van der Waals surface area contributed by atoms with E-state index in [0.717, 1.165) is 24.0 Å². The summed E-state index contributed by atoms with van der Waals surface area (Å²) < 4.78 is 0. The van der Waals surface area contributed by atoms with Crippen molar-refractivity contribution in [1.29, 1.82) is 0 Å². The van der Waals surface area contributed by atoms with Crippen molar-refractivity contribution in [2.45, 2.75) is 54.4 Å². The molecular weight excluding hydrogens is 320 g/mol. The summed E-state index contributed by atoms with van der Waals surface area (Å²) in [6.45, 7) is 12.9. The first-order chi connectivity index (χ1) is 12.2. The molecule has 26 heavy (non-hydrogen) atoms. The third-order valence-corrected chi connectivity index (χ3v) is 6.62. The molecule has 0 saturated carbocycles. The molecule has 0 heterocycles. The minimum atomic E-state index is 0.392. The number of phenolic OH excluding ortho intramolecular Hbond substituents is 2. The number of hydrogen-bond donors (Lipinski definition) is 2. The van der Waals surface area contributed by atoms with E-state index in [1.165, 1.54) is 44.5 Å². The van der Waals surface area contributed by atoms with Gasteiger partial charge in [0.1, 0.15) is 11.5 Å². The van der Waals surface area contributed by atoms with Crippen LogP contribution in [0.3, 0.4) is 0 Å². The van der Waals surface area contributed by atoms with Gasteiger partial charge in [-0.2, -0.15) is 0 Å². The summed E-state index contributed by atoms with van der Waals surface area (Å²) in [7, 11) is 0. The lowest BCUT2D eigenvalue weighted by Gasteiger charge is -2.20. The van der Waals surface area contributed by atoms with Gasteiger partial charge in [0.15, 0.2) is 0 Å². The highest BCUT2D eigenvalue weighted by Gasteiger charge is 2.36. The molecule has 2 aliphatic rings. The molecule has 0 aromatic heterocycles. The second-order valence-corrected chi connectivity index (χ2v) is 8.42. The summed E-state index contributed by atoms with van der Waals surface area (Å²) in [5.41, 5.74) is 12.4. The first-order valence-corrected chi connectivity index (χ1v) is 9.61. The van der Waals surface area contributed by atoms with Crippen molar-refractivity contribution in [3.05, 3.63) is 56.6 Å². The van der Waals surface area contributed by atoms with Gasteiger partial charge in [0, 0.05) is 0 Å². The predicted molar refractivity (Wildman–Crippen MR) is 108 cm³/mol. The summed E-state index contributed by atoms with van der Waals surface area (Å²) in [5, 5.41) is 20.9. The van der Waals surface area contributed by atoms with Crippen LogP contribution in [-0.2, 0) is 12.8 Å². The monoisotopic (exact) mass is 348 g/mol. The number of benzene rings is 2. The SMILES string of the molecule is Cc1cc(O)c(C)c2c1C[C@H](C)/C2=C1/c2c(C)c(O)cc(C)c2C[C@@H]1C. The molecule has 2 aliphatic carbocycles. The number of allylic oxidation sites excluding steroid dienone is 2. The van der Waals surface area contributed by atoms with Crippen molar-refractivity contribution >= 4 is 11.1 Å². The average molecular weight is 348 g/mol. The first kappa shape index (κ1) is 17.2. The van der Waals surface area contributed by atoms with Crippen molar-refractivity contribution < 1.29 is 10.2 Å². The summed E-state index contributed by atoms with van der Waals surface area (Å²) in [4.78, 5) is 0. The van der Waals surface area contributed by atoms with E-state index in [0.29, 0.717) is 23.3 Å². The fourth-order valence-corrected chi connectivity index (χ4v) is 5.27. The molecule has 2 aromatic carbocycles. The molecule has 0 aliphatic heterocycles. The van der Waals surface area contributed by atoms with Crippen LogP contribution in [0, 0.1) is 39.5 Å². The van der Waals surface area contributed by atoms with Crippen molar-refractivity contribution in [2.24, 2.45) is 11.8 Å². The van der Waals surface area contributed by atoms with Crippen LogP contribution in [0.4, 0.5) is 0 Å². The minimum Gasteiger partial charge on any atom is -0.508 e. The van der Waals surface area contributed by atoms with Gasteiger partial charge < -0.3 is 10.2 Å². The highest BCUT2D eigenvalue weighted by molar-refractivity contribution is 6.00. The first-order valence-electron chi connectivity index (χ1n) is 9.61. The van der Waals surface area contributed by atoms with Crippen LogP contribution < -0.4 is 0 Å². The smallest absolute Gasteiger partial charge is 0.119 e. The van der Waals surface area contributed by atoms with Gasteiger partial charge >= 0.3 is 0 Å². The highest BCUT2D eigenvalue weighted by atomic mass is 16.3. The van der Waals surface area contributed by atoms with Crippen molar-refractivity contribution in [3.63, 3.8) is 0 Å². The Hall–Kier alpha value is -2.22. The topological polar surface area (TPSA) is 40.5 Å². The van der Waals surface area contributed by atoms with E-state index in [1.54, 1.807) is 0 Å². The van der Waals surface area contributed by atoms with E-state index in [9.17, 15) is 10.2 Å². The van der Waals surface area contributed by atoms with Gasteiger partial charge in [-0.25, -0.2) is 0 Å². The molecule has 2 nitrogen and oxygen atoms in total. The van der Waals surface area contributed by atoms with Gasteiger partial charge in [-0.05, 0) is 120 Å². The van der Waals surface area contributed by atoms with Gasteiger partial charge in [-0.15, -0.1) is 0 Å². The van der Waals surface area contributed by atoms with E-state index in [1.807, 2.05) is 26.0 Å². The maximum atomic E-state index is 10.5. The van der Waals surface area contributed by atoms with Gasteiger partial charge in [0.05, 0.1) is 0 Å². The van der Waals surface area contributed by atoms with Crippen LogP contribution in [0.15, 0.2) is 12.1 Å². The fraction of sp³-hybridized carbons (Fsp3) is 0.417. The Morgan fingerprint density at radius 3 is 1.38 bits per heavy atom. The third kappa shape index (κ3) is 2.17. The Balaban J connectivity index is 2.11. The lowest BCUT2D eigenvalue weighted by molar-refractivity contribution is 0.469. The summed E-state index contributed by atoms with van der Waals surface area (Å²) in [5.74, 6) is 1.63. The lowest BCUT2D eigenvalue weighted by Crippen LogP contribution is -2.02. The molecule has 0 unspecified atom stereocenters. The molecule has 2 heteroatoms.